The maximum absolute atomic E-state index is 11.9. The van der Waals surface area contributed by atoms with Crippen LogP contribution in [0.5, 0.6) is 0 Å². The predicted octanol–water partition coefficient (Wildman–Crippen LogP) is 2.77. The fourth-order valence-corrected chi connectivity index (χ4v) is 2.41. The molecule has 1 atom stereocenters. The maximum Gasteiger partial charge on any atom is 0.261 e. The summed E-state index contributed by atoms with van der Waals surface area (Å²) in [5.74, 6) is 0.627. The number of carbonyl (C=O) groups is 1. The molecule has 0 aromatic carbocycles. The van der Waals surface area contributed by atoms with E-state index in [0.29, 0.717) is 17.2 Å². The van der Waals surface area contributed by atoms with E-state index in [1.54, 1.807) is 19.4 Å². The quantitative estimate of drug-likeness (QED) is 0.904. The molecule has 0 saturated carbocycles. The number of amides is 1. The Bertz CT molecular complexity index is 504. The fourth-order valence-electron chi connectivity index (χ4n) is 1.60. The molecule has 0 fully saturated rings. The van der Waals surface area contributed by atoms with Gasteiger partial charge in [-0.15, -0.1) is 11.3 Å². The number of nitrogens with one attached hydrogen (secondary N) is 1. The van der Waals surface area contributed by atoms with Gasteiger partial charge >= 0.3 is 0 Å². The third-order valence-corrected chi connectivity index (χ3v) is 3.59. The molecule has 0 unspecified atom stereocenters. The number of ether oxygens (including phenoxy) is 1. The predicted molar refractivity (Wildman–Crippen MR) is 69.8 cm³/mol. The summed E-state index contributed by atoms with van der Waals surface area (Å²) in [7, 11) is 1.59. The molecular formula is C13H15NO3S. The van der Waals surface area contributed by atoms with Crippen LogP contribution >= 0.6 is 11.3 Å². The van der Waals surface area contributed by atoms with Gasteiger partial charge in [0.25, 0.3) is 5.91 Å². The van der Waals surface area contributed by atoms with E-state index in [0.717, 1.165) is 5.56 Å². The Hall–Kier alpha value is -1.59. The van der Waals surface area contributed by atoms with Crippen LogP contribution in [0.15, 0.2) is 34.3 Å². The average Bonchev–Trinajstić information content (AvgIpc) is 3.01. The number of furan rings is 1. The van der Waals surface area contributed by atoms with Crippen LogP contribution in [0, 0.1) is 6.92 Å². The third-order valence-electron chi connectivity index (χ3n) is 2.55. The lowest BCUT2D eigenvalue weighted by molar-refractivity contribution is 0.0740. The second-order valence-corrected chi connectivity index (χ2v) is 4.85. The van der Waals surface area contributed by atoms with Crippen LogP contribution in [-0.4, -0.2) is 19.6 Å². The molecule has 0 saturated heterocycles. The van der Waals surface area contributed by atoms with Crippen molar-refractivity contribution in [3.05, 3.63) is 46.0 Å². The second-order valence-electron chi connectivity index (χ2n) is 3.94. The van der Waals surface area contributed by atoms with Gasteiger partial charge in [-0.1, -0.05) is 0 Å². The maximum atomic E-state index is 11.9. The SMILES string of the molecule is CO[C@H](CNC(=O)c1cc(C)cs1)c1ccco1. The number of hydrogen-bond acceptors (Lipinski definition) is 4. The number of aryl methyl sites for hydroxylation is 1. The second kappa shape index (κ2) is 5.84. The Balaban J connectivity index is 1.92. The lowest BCUT2D eigenvalue weighted by Crippen LogP contribution is -2.28. The Morgan fingerprint density at radius 1 is 1.61 bits per heavy atom. The van der Waals surface area contributed by atoms with E-state index in [-0.39, 0.29) is 12.0 Å². The largest absolute Gasteiger partial charge is 0.467 e. The smallest absolute Gasteiger partial charge is 0.261 e. The Morgan fingerprint density at radius 2 is 2.44 bits per heavy atom. The highest BCUT2D eigenvalue weighted by atomic mass is 32.1. The summed E-state index contributed by atoms with van der Waals surface area (Å²) in [6.07, 6.45) is 1.33. The molecule has 0 bridgehead atoms. The molecule has 0 aliphatic rings. The van der Waals surface area contributed by atoms with Crippen molar-refractivity contribution < 1.29 is 13.9 Å². The van der Waals surface area contributed by atoms with Gasteiger partial charge in [-0.25, -0.2) is 0 Å². The van der Waals surface area contributed by atoms with Crippen LogP contribution < -0.4 is 5.32 Å². The molecule has 2 aromatic heterocycles. The van der Waals surface area contributed by atoms with Crippen LogP contribution in [0.25, 0.3) is 0 Å². The molecule has 0 spiro atoms. The van der Waals surface area contributed by atoms with Gasteiger partial charge in [-0.05, 0) is 36.1 Å². The van der Waals surface area contributed by atoms with E-state index in [2.05, 4.69) is 5.32 Å². The van der Waals surface area contributed by atoms with E-state index in [4.69, 9.17) is 9.15 Å². The molecule has 2 heterocycles. The zero-order chi connectivity index (χ0) is 13.0. The van der Waals surface area contributed by atoms with E-state index in [1.807, 2.05) is 24.4 Å². The van der Waals surface area contributed by atoms with Crippen molar-refractivity contribution in [2.24, 2.45) is 0 Å². The van der Waals surface area contributed by atoms with Crippen molar-refractivity contribution in [3.8, 4) is 0 Å². The molecule has 0 aliphatic carbocycles. The minimum absolute atomic E-state index is 0.0818. The first-order valence-electron chi connectivity index (χ1n) is 5.60. The monoisotopic (exact) mass is 265 g/mol. The molecule has 4 nitrogen and oxygen atoms in total. The van der Waals surface area contributed by atoms with Gasteiger partial charge in [-0.2, -0.15) is 0 Å². The lowest BCUT2D eigenvalue weighted by atomic mass is 10.2. The zero-order valence-corrected chi connectivity index (χ0v) is 11.1. The van der Waals surface area contributed by atoms with Gasteiger partial charge in [-0.3, -0.25) is 4.79 Å². The highest BCUT2D eigenvalue weighted by molar-refractivity contribution is 7.12. The summed E-state index contributed by atoms with van der Waals surface area (Å²) < 4.78 is 10.5. The molecule has 1 N–H and O–H groups in total. The lowest BCUT2D eigenvalue weighted by Gasteiger charge is -2.13. The van der Waals surface area contributed by atoms with Gasteiger partial charge < -0.3 is 14.5 Å². The first-order valence-corrected chi connectivity index (χ1v) is 6.48. The minimum Gasteiger partial charge on any atom is -0.467 e. The molecule has 0 aliphatic heterocycles. The van der Waals surface area contributed by atoms with Crippen LogP contribution in [0.2, 0.25) is 0 Å². The molecule has 18 heavy (non-hydrogen) atoms. The number of rotatable bonds is 5. The first kappa shape index (κ1) is 12.9. The highest BCUT2D eigenvalue weighted by Gasteiger charge is 2.15. The molecule has 1 amide bonds. The Morgan fingerprint density at radius 3 is 3.00 bits per heavy atom. The summed E-state index contributed by atoms with van der Waals surface area (Å²) in [5, 5.41) is 4.79. The Labute approximate surface area is 110 Å². The molecule has 2 rings (SSSR count). The number of hydrogen-bond donors (Lipinski definition) is 1. The van der Waals surface area contributed by atoms with Gasteiger partial charge in [0.15, 0.2) is 0 Å². The molecule has 2 aromatic rings. The zero-order valence-electron chi connectivity index (χ0n) is 10.3. The summed E-state index contributed by atoms with van der Waals surface area (Å²) in [4.78, 5) is 12.6. The minimum atomic E-state index is -0.259. The number of methoxy groups -OCH3 is 1. The van der Waals surface area contributed by atoms with Crippen molar-refractivity contribution >= 4 is 17.2 Å². The first-order chi connectivity index (χ1) is 8.70. The van der Waals surface area contributed by atoms with Crippen molar-refractivity contribution in [1.82, 2.24) is 5.32 Å². The van der Waals surface area contributed by atoms with Crippen molar-refractivity contribution in [1.29, 1.82) is 0 Å². The van der Waals surface area contributed by atoms with Crippen LogP contribution in [0.3, 0.4) is 0 Å². The van der Waals surface area contributed by atoms with Gasteiger partial charge in [0.1, 0.15) is 11.9 Å². The normalized spacial score (nSPS) is 12.3. The van der Waals surface area contributed by atoms with E-state index >= 15 is 0 Å². The van der Waals surface area contributed by atoms with Gasteiger partial charge in [0, 0.05) is 7.11 Å². The summed E-state index contributed by atoms with van der Waals surface area (Å²) in [6.45, 7) is 2.36. The summed E-state index contributed by atoms with van der Waals surface area (Å²) in [5.41, 5.74) is 1.10. The summed E-state index contributed by atoms with van der Waals surface area (Å²) in [6, 6.07) is 5.50. The van der Waals surface area contributed by atoms with E-state index in [9.17, 15) is 4.79 Å². The van der Waals surface area contributed by atoms with Crippen LogP contribution in [0.1, 0.15) is 27.1 Å². The fraction of sp³-hybridized carbons (Fsp3) is 0.308. The van der Waals surface area contributed by atoms with Crippen molar-refractivity contribution in [3.63, 3.8) is 0 Å². The molecule has 5 heteroatoms. The van der Waals surface area contributed by atoms with Crippen LogP contribution in [0.4, 0.5) is 0 Å². The van der Waals surface area contributed by atoms with Gasteiger partial charge in [0.2, 0.25) is 0 Å². The highest BCUT2D eigenvalue weighted by Crippen LogP contribution is 2.17. The number of thiophene rings is 1. The van der Waals surface area contributed by atoms with Gasteiger partial charge in [0.05, 0.1) is 17.7 Å². The number of carbonyl (C=O) groups excluding carboxylic acids is 1. The Kier molecular flexibility index (Phi) is 4.17. The molecule has 96 valence electrons. The van der Waals surface area contributed by atoms with E-state index < -0.39 is 0 Å². The van der Waals surface area contributed by atoms with Crippen molar-refractivity contribution in [2.75, 3.05) is 13.7 Å². The van der Waals surface area contributed by atoms with Crippen molar-refractivity contribution in [2.45, 2.75) is 13.0 Å². The average molecular weight is 265 g/mol. The molecule has 0 radical (unpaired) electrons. The summed E-state index contributed by atoms with van der Waals surface area (Å²) >= 11 is 1.44. The topological polar surface area (TPSA) is 51.5 Å². The third kappa shape index (κ3) is 3.00. The van der Waals surface area contributed by atoms with Crippen LogP contribution in [-0.2, 0) is 4.74 Å². The standard InChI is InChI=1S/C13H15NO3S/c1-9-6-12(18-8-9)13(15)14-7-11(16-2)10-4-3-5-17-10/h3-6,8,11H,7H2,1-2H3,(H,14,15)/t11-/m1/s1. The molecular weight excluding hydrogens is 250 g/mol. The van der Waals surface area contributed by atoms with E-state index in [1.165, 1.54) is 11.3 Å².